The van der Waals surface area contributed by atoms with E-state index in [0.717, 1.165) is 12.2 Å². The van der Waals surface area contributed by atoms with Crippen LogP contribution in [0.25, 0.3) is 0 Å². The largest absolute Gasteiger partial charge is 0.481 e. The number of hydrogen-bond acceptors (Lipinski definition) is 3. The van der Waals surface area contributed by atoms with Gasteiger partial charge in [0.25, 0.3) is 0 Å². The summed E-state index contributed by atoms with van der Waals surface area (Å²) in [5.74, 6) is 0.184. The van der Waals surface area contributed by atoms with Crippen LogP contribution in [0.15, 0.2) is 60.7 Å². The number of allylic oxidation sites excluding steroid dienone is 2. The fraction of sp³-hybridized carbons (Fsp3) is 0.333. The van der Waals surface area contributed by atoms with Crippen LogP contribution in [-0.2, 0) is 9.59 Å². The smallest absolute Gasteiger partial charge is 0.307 e. The minimum atomic E-state index is -0.864. The first-order chi connectivity index (χ1) is 14.0. The third-order valence-corrected chi connectivity index (χ3v) is 6.62. The van der Waals surface area contributed by atoms with Crippen LogP contribution in [0.1, 0.15) is 12.0 Å². The van der Waals surface area contributed by atoms with Gasteiger partial charge in [-0.15, -0.1) is 0 Å². The number of aliphatic carboxylic acids is 1. The number of aryl methyl sites for hydroxylation is 1. The van der Waals surface area contributed by atoms with Crippen molar-refractivity contribution in [3.63, 3.8) is 0 Å². The van der Waals surface area contributed by atoms with E-state index in [2.05, 4.69) is 11.4 Å². The van der Waals surface area contributed by atoms with Crippen molar-refractivity contribution in [2.24, 2.45) is 35.5 Å². The number of hydrogen-bond donors (Lipinski definition) is 2. The molecule has 2 bridgehead atoms. The maximum Gasteiger partial charge on any atom is 0.307 e. The summed E-state index contributed by atoms with van der Waals surface area (Å²) >= 11 is 0. The average Bonchev–Trinajstić information content (AvgIpc) is 3.53. The number of rotatable bonds is 5. The summed E-state index contributed by atoms with van der Waals surface area (Å²) in [6, 6.07) is 15.0. The minimum Gasteiger partial charge on any atom is -0.481 e. The third kappa shape index (κ3) is 3.20. The van der Waals surface area contributed by atoms with Crippen molar-refractivity contribution in [3.8, 4) is 11.5 Å². The van der Waals surface area contributed by atoms with E-state index in [9.17, 15) is 14.7 Å². The lowest BCUT2D eigenvalue weighted by atomic mass is 9.62. The first kappa shape index (κ1) is 18.0. The Morgan fingerprint density at radius 2 is 1.45 bits per heavy atom. The highest BCUT2D eigenvalue weighted by molar-refractivity contribution is 5.96. The van der Waals surface area contributed by atoms with E-state index in [-0.39, 0.29) is 17.7 Å². The van der Waals surface area contributed by atoms with Gasteiger partial charge < -0.3 is 15.2 Å². The number of anilines is 1. The Hall–Kier alpha value is -3.08. The molecular weight excluding hydrogens is 366 g/mol. The number of benzene rings is 2. The van der Waals surface area contributed by atoms with Gasteiger partial charge in [0, 0.05) is 5.69 Å². The van der Waals surface area contributed by atoms with Crippen molar-refractivity contribution in [1.29, 1.82) is 0 Å². The van der Waals surface area contributed by atoms with Gasteiger partial charge in [-0.2, -0.15) is 0 Å². The van der Waals surface area contributed by atoms with Crippen molar-refractivity contribution in [2.75, 3.05) is 5.32 Å². The summed E-state index contributed by atoms with van der Waals surface area (Å²) in [6.07, 6.45) is 5.14. The van der Waals surface area contributed by atoms with Gasteiger partial charge in [0.05, 0.1) is 11.8 Å². The molecule has 6 rings (SSSR count). The lowest BCUT2D eigenvalue weighted by Gasteiger charge is -2.41. The van der Waals surface area contributed by atoms with Crippen LogP contribution in [0.4, 0.5) is 5.69 Å². The second-order valence-corrected chi connectivity index (χ2v) is 8.42. The second-order valence-electron chi connectivity index (χ2n) is 8.42. The number of amides is 1. The predicted octanol–water partition coefficient (Wildman–Crippen LogP) is 4.49. The molecule has 29 heavy (non-hydrogen) atoms. The molecule has 0 radical (unpaired) electrons. The van der Waals surface area contributed by atoms with Crippen molar-refractivity contribution in [2.45, 2.75) is 13.3 Å². The molecule has 0 unspecified atom stereocenters. The zero-order valence-electron chi connectivity index (χ0n) is 16.1. The third-order valence-electron chi connectivity index (χ3n) is 6.62. The Balaban J connectivity index is 1.29. The van der Waals surface area contributed by atoms with E-state index < -0.39 is 17.8 Å². The normalized spacial score (nSPS) is 31.1. The van der Waals surface area contributed by atoms with E-state index in [4.69, 9.17) is 4.74 Å². The highest BCUT2D eigenvalue weighted by Crippen LogP contribution is 2.63. The average molecular weight is 389 g/mol. The molecule has 5 heteroatoms. The minimum absolute atomic E-state index is 0.0106. The SMILES string of the molecule is Cc1ccc(Oc2ccc(NC(=O)[C@@H]3[C@H]4C=C[C@@H]([C@@H]5C[C@@H]45)[C@H]3C(=O)O)cc2)cc1. The fourth-order valence-electron chi connectivity index (χ4n) is 5.14. The maximum atomic E-state index is 13.0. The predicted molar refractivity (Wildman–Crippen MR) is 109 cm³/mol. The van der Waals surface area contributed by atoms with Gasteiger partial charge in [-0.3, -0.25) is 9.59 Å². The van der Waals surface area contributed by atoms with Gasteiger partial charge in [-0.25, -0.2) is 0 Å². The summed E-state index contributed by atoms with van der Waals surface area (Å²) in [5, 5.41) is 12.7. The summed E-state index contributed by atoms with van der Waals surface area (Å²) in [7, 11) is 0. The number of nitrogens with one attached hydrogen (secondary N) is 1. The molecule has 2 aromatic carbocycles. The summed E-state index contributed by atoms with van der Waals surface area (Å²) in [4.78, 5) is 24.9. The zero-order valence-corrected chi connectivity index (χ0v) is 16.1. The van der Waals surface area contributed by atoms with Gasteiger partial charge in [0.1, 0.15) is 11.5 Å². The number of carboxylic acid groups (broad SMARTS) is 1. The molecule has 0 aromatic heterocycles. The Bertz CT molecular complexity index is 979. The molecule has 4 aliphatic rings. The number of ether oxygens (including phenoxy) is 1. The van der Waals surface area contributed by atoms with Crippen molar-refractivity contribution < 1.29 is 19.4 Å². The summed E-state index contributed by atoms with van der Waals surface area (Å²) in [5.41, 5.74) is 1.81. The molecule has 6 atom stereocenters. The van der Waals surface area contributed by atoms with Crippen LogP contribution < -0.4 is 10.1 Å². The van der Waals surface area contributed by atoms with Crippen molar-refractivity contribution in [1.82, 2.24) is 0 Å². The van der Waals surface area contributed by atoms with E-state index in [1.165, 1.54) is 5.56 Å². The van der Waals surface area contributed by atoms with Crippen LogP contribution in [-0.4, -0.2) is 17.0 Å². The Kier molecular flexibility index (Phi) is 4.19. The first-order valence-electron chi connectivity index (χ1n) is 10.1. The summed E-state index contributed by atoms with van der Waals surface area (Å²) < 4.78 is 5.82. The topological polar surface area (TPSA) is 75.6 Å². The van der Waals surface area contributed by atoms with Crippen LogP contribution >= 0.6 is 0 Å². The van der Waals surface area contributed by atoms with Gasteiger partial charge in [0.15, 0.2) is 0 Å². The summed E-state index contributed by atoms with van der Waals surface area (Å²) in [6.45, 7) is 2.02. The molecule has 0 spiro atoms. The highest BCUT2D eigenvalue weighted by atomic mass is 16.5. The molecule has 2 aromatic rings. The van der Waals surface area contributed by atoms with Crippen molar-refractivity contribution >= 4 is 17.6 Å². The lowest BCUT2D eigenvalue weighted by molar-refractivity contribution is -0.152. The van der Waals surface area contributed by atoms with Gasteiger partial charge in [0.2, 0.25) is 5.91 Å². The molecule has 4 aliphatic carbocycles. The van der Waals surface area contributed by atoms with Crippen LogP contribution in [0.2, 0.25) is 0 Å². The van der Waals surface area contributed by atoms with E-state index in [0.29, 0.717) is 23.3 Å². The Morgan fingerprint density at radius 1 is 0.897 bits per heavy atom. The van der Waals surface area contributed by atoms with E-state index in [1.807, 2.05) is 37.3 Å². The molecule has 1 amide bonds. The van der Waals surface area contributed by atoms with Crippen molar-refractivity contribution in [3.05, 3.63) is 66.2 Å². The molecule has 0 saturated heterocycles. The number of carbonyl (C=O) groups is 2. The first-order valence-corrected chi connectivity index (χ1v) is 10.1. The Labute approximate surface area is 169 Å². The molecule has 0 heterocycles. The molecule has 5 nitrogen and oxygen atoms in total. The molecular formula is C24H23NO4. The molecule has 2 fully saturated rings. The number of carboxylic acids is 1. The molecule has 0 aliphatic heterocycles. The standard InChI is InChI=1S/C24H23NO4/c1-13-2-6-15(7-3-13)29-16-8-4-14(5-9-16)25-23(26)21-17-10-11-18(20-12-19(17)20)22(21)24(27)28/h2-11,17-22H,12H2,1H3,(H,25,26)(H,27,28)/t17-,18-,19-,20-,21+,22+/m0/s1. The highest BCUT2D eigenvalue weighted by Gasteiger charge is 2.62. The molecule has 2 saturated carbocycles. The zero-order chi connectivity index (χ0) is 20.1. The molecule has 148 valence electrons. The van der Waals surface area contributed by atoms with E-state index >= 15 is 0 Å². The number of carbonyl (C=O) groups excluding carboxylic acids is 1. The lowest BCUT2D eigenvalue weighted by Crippen LogP contribution is -2.48. The maximum absolute atomic E-state index is 13.0. The van der Waals surface area contributed by atoms with Crippen LogP contribution in [0.3, 0.4) is 0 Å². The van der Waals surface area contributed by atoms with Gasteiger partial charge in [-0.05, 0) is 73.4 Å². The monoisotopic (exact) mass is 389 g/mol. The number of fused-ring (bicyclic) bond motifs is 1. The quantitative estimate of drug-likeness (QED) is 0.739. The van der Waals surface area contributed by atoms with E-state index in [1.54, 1.807) is 24.3 Å². The Morgan fingerprint density at radius 3 is 2.03 bits per heavy atom. The second kappa shape index (κ2) is 6.76. The van der Waals surface area contributed by atoms with Gasteiger partial charge >= 0.3 is 5.97 Å². The molecule has 2 N–H and O–H groups in total. The fourth-order valence-corrected chi connectivity index (χ4v) is 5.14. The van der Waals surface area contributed by atoms with Gasteiger partial charge in [-0.1, -0.05) is 29.8 Å². The van der Waals surface area contributed by atoms with Crippen LogP contribution in [0.5, 0.6) is 11.5 Å². The van der Waals surface area contributed by atoms with Crippen LogP contribution in [0, 0.1) is 42.4 Å².